The quantitative estimate of drug-likeness (QED) is 0.808. The Morgan fingerprint density at radius 2 is 2.11 bits per heavy atom. The van der Waals surface area contributed by atoms with Crippen molar-refractivity contribution in [1.82, 2.24) is 14.9 Å². The van der Waals surface area contributed by atoms with Crippen molar-refractivity contribution in [2.24, 2.45) is 5.92 Å². The molecular weight excluding hydrogens is 242 g/mol. The monoisotopic (exact) mass is 265 g/mol. The Kier molecular flexibility index (Phi) is 4.79. The molecule has 1 aliphatic heterocycles. The molecule has 0 amide bonds. The van der Waals surface area contributed by atoms with Gasteiger partial charge < -0.3 is 20.3 Å². The van der Waals surface area contributed by atoms with Crippen molar-refractivity contribution >= 4 is 11.6 Å². The molecule has 1 unspecified atom stereocenters. The van der Waals surface area contributed by atoms with Gasteiger partial charge >= 0.3 is 0 Å². The molecule has 0 saturated carbocycles. The van der Waals surface area contributed by atoms with E-state index in [1.807, 2.05) is 6.92 Å². The van der Waals surface area contributed by atoms with Crippen LogP contribution in [0.5, 0.6) is 5.75 Å². The van der Waals surface area contributed by atoms with Crippen LogP contribution >= 0.6 is 0 Å². The number of ether oxygens (including phenoxy) is 1. The average Bonchev–Trinajstić information content (AvgIpc) is 2.83. The molecule has 0 aromatic carbocycles. The van der Waals surface area contributed by atoms with Gasteiger partial charge in [0.25, 0.3) is 0 Å². The lowest BCUT2D eigenvalue weighted by molar-refractivity contribution is 0.398. The molecule has 1 aromatic rings. The molecule has 0 spiro atoms. The number of aromatic nitrogens is 2. The van der Waals surface area contributed by atoms with Crippen molar-refractivity contribution in [3.8, 4) is 5.75 Å². The Bertz CT molecular complexity index is 412. The first-order valence-electron chi connectivity index (χ1n) is 6.79. The molecule has 1 atom stereocenters. The Morgan fingerprint density at radius 3 is 2.68 bits per heavy atom. The second-order valence-electron chi connectivity index (χ2n) is 4.93. The molecule has 0 bridgehead atoms. The minimum atomic E-state index is 0.673. The standard InChI is InChI=1S/C13H23N5O/c1-4-14-12-11(19-3)13(17-9-16-12)15-7-10-5-6-18(2)8-10/h9-10H,4-8H2,1-3H3,(H2,14,15,16,17). The number of nitrogens with zero attached hydrogens (tertiary/aromatic N) is 3. The van der Waals surface area contributed by atoms with Gasteiger partial charge in [-0.3, -0.25) is 0 Å². The molecule has 19 heavy (non-hydrogen) atoms. The average molecular weight is 265 g/mol. The second kappa shape index (κ2) is 6.56. The zero-order valence-corrected chi connectivity index (χ0v) is 11.9. The Balaban J connectivity index is 2.00. The van der Waals surface area contributed by atoms with Crippen molar-refractivity contribution in [1.29, 1.82) is 0 Å². The first kappa shape index (κ1) is 13.9. The third-order valence-electron chi connectivity index (χ3n) is 3.40. The first-order chi connectivity index (χ1) is 9.24. The Morgan fingerprint density at radius 1 is 1.37 bits per heavy atom. The van der Waals surface area contributed by atoms with Crippen molar-refractivity contribution in [2.75, 3.05) is 51.0 Å². The van der Waals surface area contributed by atoms with Crippen LogP contribution in [0, 0.1) is 5.92 Å². The van der Waals surface area contributed by atoms with Gasteiger partial charge in [-0.2, -0.15) is 0 Å². The summed E-state index contributed by atoms with van der Waals surface area (Å²) < 4.78 is 5.40. The molecule has 0 aliphatic carbocycles. The van der Waals surface area contributed by atoms with Gasteiger partial charge in [0.2, 0.25) is 5.75 Å². The summed E-state index contributed by atoms with van der Waals surface area (Å²) in [7, 11) is 3.81. The molecule has 1 aliphatic rings. The summed E-state index contributed by atoms with van der Waals surface area (Å²) >= 11 is 0. The van der Waals surface area contributed by atoms with E-state index in [2.05, 4.69) is 32.5 Å². The van der Waals surface area contributed by atoms with Gasteiger partial charge in [-0.25, -0.2) is 9.97 Å². The topological polar surface area (TPSA) is 62.3 Å². The maximum Gasteiger partial charge on any atom is 0.204 e. The minimum Gasteiger partial charge on any atom is -0.490 e. The van der Waals surface area contributed by atoms with Crippen LogP contribution in [0.15, 0.2) is 6.33 Å². The summed E-state index contributed by atoms with van der Waals surface area (Å²) in [6.45, 7) is 6.07. The summed E-state index contributed by atoms with van der Waals surface area (Å²) in [5, 5.41) is 6.56. The maximum atomic E-state index is 5.40. The SMILES string of the molecule is CCNc1ncnc(NCC2CCN(C)C2)c1OC. The number of rotatable bonds is 6. The third kappa shape index (κ3) is 3.47. The molecule has 1 aromatic heterocycles. The summed E-state index contributed by atoms with van der Waals surface area (Å²) in [4.78, 5) is 10.8. The van der Waals surface area contributed by atoms with Crippen molar-refractivity contribution in [2.45, 2.75) is 13.3 Å². The molecule has 6 nitrogen and oxygen atoms in total. The molecule has 2 heterocycles. The highest BCUT2D eigenvalue weighted by molar-refractivity contribution is 5.63. The number of hydrogen-bond donors (Lipinski definition) is 2. The molecule has 1 fully saturated rings. The van der Waals surface area contributed by atoms with Crippen LogP contribution in [-0.2, 0) is 0 Å². The molecule has 2 N–H and O–H groups in total. The lowest BCUT2D eigenvalue weighted by Crippen LogP contribution is -2.20. The minimum absolute atomic E-state index is 0.673. The highest BCUT2D eigenvalue weighted by Crippen LogP contribution is 2.29. The van der Waals surface area contributed by atoms with E-state index in [-0.39, 0.29) is 0 Å². The van der Waals surface area contributed by atoms with Crippen molar-refractivity contribution in [3.05, 3.63) is 6.33 Å². The Labute approximate surface area is 114 Å². The number of likely N-dealkylation sites (tertiary alicyclic amines) is 1. The zero-order valence-electron chi connectivity index (χ0n) is 11.9. The van der Waals surface area contributed by atoms with E-state index < -0.39 is 0 Å². The van der Waals surface area contributed by atoms with Crippen molar-refractivity contribution in [3.63, 3.8) is 0 Å². The van der Waals surface area contributed by atoms with E-state index >= 15 is 0 Å². The molecule has 2 rings (SSSR count). The fraction of sp³-hybridized carbons (Fsp3) is 0.692. The lowest BCUT2D eigenvalue weighted by Gasteiger charge is -2.16. The first-order valence-corrected chi connectivity index (χ1v) is 6.79. The molecule has 0 radical (unpaired) electrons. The number of nitrogens with one attached hydrogen (secondary N) is 2. The normalized spacial score (nSPS) is 19.4. The van der Waals surface area contributed by atoms with Gasteiger partial charge in [0, 0.05) is 19.6 Å². The van der Waals surface area contributed by atoms with Crippen LogP contribution < -0.4 is 15.4 Å². The van der Waals surface area contributed by atoms with Gasteiger partial charge in [0.15, 0.2) is 11.6 Å². The van der Waals surface area contributed by atoms with Crippen LogP contribution in [-0.4, -0.2) is 55.2 Å². The molecule has 106 valence electrons. The molecule has 1 saturated heterocycles. The smallest absolute Gasteiger partial charge is 0.204 e. The van der Waals surface area contributed by atoms with Gasteiger partial charge in [0.1, 0.15) is 6.33 Å². The molecule has 6 heteroatoms. The summed E-state index contributed by atoms with van der Waals surface area (Å²) in [5.74, 6) is 2.87. The summed E-state index contributed by atoms with van der Waals surface area (Å²) in [6, 6.07) is 0. The lowest BCUT2D eigenvalue weighted by atomic mass is 10.1. The predicted octanol–water partition coefficient (Wildman–Crippen LogP) is 1.28. The second-order valence-corrected chi connectivity index (χ2v) is 4.93. The fourth-order valence-corrected chi connectivity index (χ4v) is 2.42. The largest absolute Gasteiger partial charge is 0.490 e. The summed E-state index contributed by atoms with van der Waals surface area (Å²) in [5.41, 5.74) is 0. The van der Waals surface area contributed by atoms with Crippen molar-refractivity contribution < 1.29 is 4.74 Å². The van der Waals surface area contributed by atoms with E-state index in [1.165, 1.54) is 13.0 Å². The summed E-state index contributed by atoms with van der Waals surface area (Å²) in [6.07, 6.45) is 2.79. The van der Waals surface area contributed by atoms with E-state index in [9.17, 15) is 0 Å². The van der Waals surface area contributed by atoms with Crippen LogP contribution in [0.2, 0.25) is 0 Å². The highest BCUT2D eigenvalue weighted by atomic mass is 16.5. The maximum absolute atomic E-state index is 5.40. The zero-order chi connectivity index (χ0) is 13.7. The van der Waals surface area contributed by atoms with Crippen LogP contribution in [0.4, 0.5) is 11.6 Å². The highest BCUT2D eigenvalue weighted by Gasteiger charge is 2.20. The number of hydrogen-bond acceptors (Lipinski definition) is 6. The van der Waals surface area contributed by atoms with Gasteiger partial charge in [0.05, 0.1) is 7.11 Å². The third-order valence-corrected chi connectivity index (χ3v) is 3.40. The van der Waals surface area contributed by atoms with E-state index in [0.29, 0.717) is 11.7 Å². The molecular formula is C13H23N5O. The number of methoxy groups -OCH3 is 1. The van der Waals surface area contributed by atoms with E-state index in [4.69, 9.17) is 4.74 Å². The van der Waals surface area contributed by atoms with Crippen LogP contribution in [0.1, 0.15) is 13.3 Å². The van der Waals surface area contributed by atoms with Crippen LogP contribution in [0.25, 0.3) is 0 Å². The van der Waals surface area contributed by atoms with E-state index in [1.54, 1.807) is 13.4 Å². The van der Waals surface area contributed by atoms with E-state index in [0.717, 1.165) is 31.3 Å². The number of anilines is 2. The Hall–Kier alpha value is -1.56. The van der Waals surface area contributed by atoms with Gasteiger partial charge in [-0.15, -0.1) is 0 Å². The van der Waals surface area contributed by atoms with Gasteiger partial charge in [-0.05, 0) is 32.9 Å². The fourth-order valence-electron chi connectivity index (χ4n) is 2.42. The van der Waals surface area contributed by atoms with Gasteiger partial charge in [-0.1, -0.05) is 0 Å². The van der Waals surface area contributed by atoms with Crippen LogP contribution in [0.3, 0.4) is 0 Å². The predicted molar refractivity (Wildman–Crippen MR) is 76.8 cm³/mol.